The van der Waals surface area contributed by atoms with E-state index in [0.29, 0.717) is 42.8 Å². The van der Waals surface area contributed by atoms with Crippen LogP contribution in [0.4, 0.5) is 22.1 Å². The number of anilines is 3. The molecule has 4 rings (SSSR count). The van der Waals surface area contributed by atoms with Gasteiger partial charge in [0.15, 0.2) is 6.29 Å². The number of methoxy groups -OCH3 is 1. The number of nitriles is 1. The molecular weight excluding hydrogens is 476 g/mol. The molecule has 37 heavy (non-hydrogen) atoms. The van der Waals surface area contributed by atoms with E-state index in [-0.39, 0.29) is 35.3 Å². The fourth-order valence-electron chi connectivity index (χ4n) is 4.15. The predicted octanol–water partition coefficient (Wildman–Crippen LogP) is 1.69. The Morgan fingerprint density at radius 1 is 1.35 bits per heavy atom. The Hall–Kier alpha value is -4.08. The van der Waals surface area contributed by atoms with Gasteiger partial charge in [-0.15, -0.1) is 0 Å². The predicted molar refractivity (Wildman–Crippen MR) is 136 cm³/mol. The van der Waals surface area contributed by atoms with Gasteiger partial charge >= 0.3 is 6.03 Å². The average Bonchev–Trinajstić information content (AvgIpc) is 3.64. The average molecular weight is 507 g/mol. The van der Waals surface area contributed by atoms with Crippen LogP contribution in [-0.4, -0.2) is 91.0 Å². The number of ether oxygens (including phenoxy) is 1. The van der Waals surface area contributed by atoms with Crippen molar-refractivity contribution in [1.82, 2.24) is 19.8 Å². The molecule has 12 nitrogen and oxygen atoms in total. The molecule has 1 saturated heterocycles. The number of hydrogen-bond acceptors (Lipinski definition) is 9. The zero-order chi connectivity index (χ0) is 26.6. The van der Waals surface area contributed by atoms with E-state index in [1.54, 1.807) is 30.2 Å². The first-order chi connectivity index (χ1) is 17.8. The van der Waals surface area contributed by atoms with Gasteiger partial charge in [0.25, 0.3) is 0 Å². The number of pyridine rings is 2. The number of aromatic nitrogens is 2. The minimum absolute atomic E-state index is 0.00947. The molecule has 3 heterocycles. The lowest BCUT2D eigenvalue weighted by molar-refractivity contribution is -0.136. The topological polar surface area (TPSA) is 144 Å². The number of rotatable bonds is 9. The molecule has 1 aliphatic heterocycles. The van der Waals surface area contributed by atoms with Crippen molar-refractivity contribution in [2.45, 2.75) is 24.9 Å². The van der Waals surface area contributed by atoms with Crippen LogP contribution in [-0.2, 0) is 16.1 Å². The SMILES string of the molecule is COCC1(Nc2cc(NC(=O)N(C)c3ccc(CN4CCN(C)CC4=O)c(C=O)n3)ncc2C#N)CC1. The van der Waals surface area contributed by atoms with Gasteiger partial charge in [0.05, 0.1) is 29.9 Å². The number of likely N-dealkylation sites (N-methyl/N-ethyl adjacent to an activating group) is 1. The van der Waals surface area contributed by atoms with Gasteiger partial charge in [-0.1, -0.05) is 6.07 Å². The number of aldehydes is 1. The van der Waals surface area contributed by atoms with E-state index >= 15 is 0 Å². The number of nitrogens with one attached hydrogen (secondary N) is 2. The summed E-state index contributed by atoms with van der Waals surface area (Å²) in [5.41, 5.74) is 1.49. The maximum atomic E-state index is 12.9. The first kappa shape index (κ1) is 26.0. The second kappa shape index (κ2) is 10.9. The third-order valence-corrected chi connectivity index (χ3v) is 6.56. The normalized spacial score (nSPS) is 16.6. The minimum atomic E-state index is -0.521. The Labute approximate surface area is 215 Å². The van der Waals surface area contributed by atoms with Crippen molar-refractivity contribution in [3.05, 3.63) is 41.2 Å². The smallest absolute Gasteiger partial charge is 0.328 e. The maximum absolute atomic E-state index is 12.9. The molecule has 0 unspecified atom stereocenters. The van der Waals surface area contributed by atoms with E-state index in [1.807, 2.05) is 11.9 Å². The van der Waals surface area contributed by atoms with E-state index in [9.17, 15) is 19.6 Å². The monoisotopic (exact) mass is 506 g/mol. The summed E-state index contributed by atoms with van der Waals surface area (Å²) in [6, 6.07) is 6.53. The second-order valence-electron chi connectivity index (χ2n) is 9.44. The molecule has 12 heteroatoms. The van der Waals surface area contributed by atoms with Gasteiger partial charge in [-0.3, -0.25) is 24.7 Å². The lowest BCUT2D eigenvalue weighted by Gasteiger charge is -2.32. The lowest BCUT2D eigenvalue weighted by atomic mass is 10.1. The summed E-state index contributed by atoms with van der Waals surface area (Å²) < 4.78 is 5.28. The van der Waals surface area contributed by atoms with Crippen molar-refractivity contribution in [2.24, 2.45) is 0 Å². The van der Waals surface area contributed by atoms with Gasteiger partial charge in [0.2, 0.25) is 5.91 Å². The molecule has 2 aromatic rings. The Balaban J connectivity index is 1.45. The molecule has 2 fully saturated rings. The summed E-state index contributed by atoms with van der Waals surface area (Å²) in [6.45, 7) is 2.44. The molecule has 2 N–H and O–H groups in total. The van der Waals surface area contributed by atoms with Crippen LogP contribution in [0.5, 0.6) is 0 Å². The van der Waals surface area contributed by atoms with Crippen molar-refractivity contribution >= 4 is 35.5 Å². The number of hydrogen-bond donors (Lipinski definition) is 2. The Bertz CT molecular complexity index is 1240. The fourth-order valence-corrected chi connectivity index (χ4v) is 4.15. The van der Waals surface area contributed by atoms with Gasteiger partial charge in [-0.05, 0) is 26.0 Å². The molecule has 194 valence electrons. The summed E-state index contributed by atoms with van der Waals surface area (Å²) >= 11 is 0. The number of carbonyl (C=O) groups excluding carboxylic acids is 3. The molecule has 0 radical (unpaired) electrons. The first-order valence-corrected chi connectivity index (χ1v) is 11.9. The van der Waals surface area contributed by atoms with Crippen molar-refractivity contribution in [1.29, 1.82) is 5.26 Å². The highest BCUT2D eigenvalue weighted by molar-refractivity contribution is 6.00. The molecule has 0 atom stereocenters. The zero-order valence-electron chi connectivity index (χ0n) is 21.2. The molecule has 0 aromatic carbocycles. The first-order valence-electron chi connectivity index (χ1n) is 11.9. The lowest BCUT2D eigenvalue weighted by Crippen LogP contribution is -2.48. The highest BCUT2D eigenvalue weighted by Gasteiger charge is 2.43. The van der Waals surface area contributed by atoms with E-state index in [1.165, 1.54) is 18.1 Å². The summed E-state index contributed by atoms with van der Waals surface area (Å²) in [5.74, 6) is 0.509. The van der Waals surface area contributed by atoms with Crippen LogP contribution < -0.4 is 15.5 Å². The van der Waals surface area contributed by atoms with Gasteiger partial charge in [-0.2, -0.15) is 5.26 Å². The van der Waals surface area contributed by atoms with Crippen LogP contribution in [0.3, 0.4) is 0 Å². The molecule has 2 aromatic heterocycles. The van der Waals surface area contributed by atoms with Crippen LogP contribution in [0.25, 0.3) is 0 Å². The highest BCUT2D eigenvalue weighted by Crippen LogP contribution is 2.40. The number of amides is 3. The summed E-state index contributed by atoms with van der Waals surface area (Å²) in [6.07, 6.45) is 3.86. The van der Waals surface area contributed by atoms with Crippen LogP contribution in [0.2, 0.25) is 0 Å². The Kier molecular flexibility index (Phi) is 7.66. The van der Waals surface area contributed by atoms with E-state index in [4.69, 9.17) is 4.74 Å². The van der Waals surface area contributed by atoms with Gasteiger partial charge in [0.1, 0.15) is 23.4 Å². The van der Waals surface area contributed by atoms with Crippen LogP contribution in [0.15, 0.2) is 24.4 Å². The van der Waals surface area contributed by atoms with E-state index in [0.717, 1.165) is 19.4 Å². The number of carbonyl (C=O) groups is 3. The van der Waals surface area contributed by atoms with E-state index in [2.05, 4.69) is 26.7 Å². The van der Waals surface area contributed by atoms with Gasteiger partial charge in [-0.25, -0.2) is 14.8 Å². The highest BCUT2D eigenvalue weighted by atomic mass is 16.5. The second-order valence-corrected chi connectivity index (χ2v) is 9.44. The van der Waals surface area contributed by atoms with Crippen LogP contribution in [0.1, 0.15) is 34.5 Å². The zero-order valence-corrected chi connectivity index (χ0v) is 21.2. The molecule has 1 aliphatic carbocycles. The van der Waals surface area contributed by atoms with Crippen molar-refractivity contribution in [2.75, 3.05) is 63.0 Å². The standard InChI is InChI=1S/C25H30N8O4/c1-31-8-9-33(23(35)14-31)13-17-4-5-22(28-20(17)15-34)32(2)24(36)29-21-10-19(18(11-26)12-27-21)30-25(6-7-25)16-37-3/h4-5,10,12,15H,6-9,13-14,16H2,1-3H3,(H2,27,29,30,36). The van der Waals surface area contributed by atoms with Crippen LogP contribution in [0, 0.1) is 11.3 Å². The summed E-state index contributed by atoms with van der Waals surface area (Å²) in [4.78, 5) is 50.4. The van der Waals surface area contributed by atoms with Crippen molar-refractivity contribution in [3.63, 3.8) is 0 Å². The Morgan fingerprint density at radius 3 is 2.78 bits per heavy atom. The fraction of sp³-hybridized carbons (Fsp3) is 0.440. The molecule has 1 saturated carbocycles. The van der Waals surface area contributed by atoms with E-state index < -0.39 is 6.03 Å². The van der Waals surface area contributed by atoms with Gasteiger partial charge in [0, 0.05) is 51.6 Å². The molecule has 0 bridgehead atoms. The van der Waals surface area contributed by atoms with Gasteiger partial charge < -0.3 is 15.0 Å². The summed E-state index contributed by atoms with van der Waals surface area (Å²) in [7, 11) is 5.04. The van der Waals surface area contributed by atoms with Crippen molar-refractivity contribution < 1.29 is 19.1 Å². The molecule has 2 aliphatic rings. The largest absolute Gasteiger partial charge is 0.382 e. The number of nitrogens with zero attached hydrogens (tertiary/aromatic N) is 6. The minimum Gasteiger partial charge on any atom is -0.382 e. The third kappa shape index (κ3) is 6.02. The third-order valence-electron chi connectivity index (χ3n) is 6.56. The summed E-state index contributed by atoms with van der Waals surface area (Å²) in [5, 5.41) is 15.5. The van der Waals surface area contributed by atoms with Crippen molar-refractivity contribution in [3.8, 4) is 6.07 Å². The molecule has 0 spiro atoms. The quantitative estimate of drug-likeness (QED) is 0.486. The molecular formula is C25H30N8O4. The maximum Gasteiger partial charge on any atom is 0.328 e. The Morgan fingerprint density at radius 2 is 2.14 bits per heavy atom. The van der Waals surface area contributed by atoms with Crippen LogP contribution >= 0.6 is 0 Å². The number of urea groups is 1. The number of piperazine rings is 1. The molecule has 3 amide bonds.